The molecule has 0 radical (unpaired) electrons. The minimum Gasteiger partial charge on any atom is -0.353 e. The molecule has 2 fully saturated rings. The van der Waals surface area contributed by atoms with Gasteiger partial charge in [0, 0.05) is 11.4 Å². The molecule has 0 bridgehead atoms. The smallest absolute Gasteiger partial charge is 0.154 e. The van der Waals surface area contributed by atoms with Crippen LogP contribution in [-0.2, 0) is 9.47 Å². The highest BCUT2D eigenvalue weighted by Crippen LogP contribution is 2.66. The van der Waals surface area contributed by atoms with Gasteiger partial charge in [0.25, 0.3) is 0 Å². The van der Waals surface area contributed by atoms with Gasteiger partial charge in [0.15, 0.2) is 6.29 Å². The SMILES string of the molecule is CCO[C@@H](C)OCC1CC2(C1)C[C@@H]2Br. The normalized spacial score (nSPS) is 42.2. The Morgan fingerprint density at radius 3 is 2.50 bits per heavy atom. The first-order chi connectivity index (χ1) is 6.66. The van der Waals surface area contributed by atoms with Crippen molar-refractivity contribution in [1.82, 2.24) is 0 Å². The van der Waals surface area contributed by atoms with Crippen LogP contribution in [0.2, 0.25) is 0 Å². The van der Waals surface area contributed by atoms with Gasteiger partial charge in [-0.1, -0.05) is 15.9 Å². The summed E-state index contributed by atoms with van der Waals surface area (Å²) >= 11 is 3.68. The number of halogens is 1. The summed E-state index contributed by atoms with van der Waals surface area (Å²) in [6.45, 7) is 5.59. The van der Waals surface area contributed by atoms with E-state index in [1.165, 1.54) is 19.3 Å². The Hall–Kier alpha value is 0.400. The van der Waals surface area contributed by atoms with Gasteiger partial charge in [0.05, 0.1) is 6.61 Å². The van der Waals surface area contributed by atoms with Gasteiger partial charge < -0.3 is 9.47 Å². The average molecular weight is 263 g/mol. The van der Waals surface area contributed by atoms with Crippen LogP contribution in [0.4, 0.5) is 0 Å². The number of rotatable bonds is 5. The Balaban J connectivity index is 1.56. The van der Waals surface area contributed by atoms with Gasteiger partial charge in [-0.05, 0) is 44.4 Å². The Morgan fingerprint density at radius 1 is 1.36 bits per heavy atom. The van der Waals surface area contributed by atoms with Crippen molar-refractivity contribution in [2.75, 3.05) is 13.2 Å². The summed E-state index contributed by atoms with van der Waals surface area (Å²) in [5, 5.41) is 0. The first-order valence-corrected chi connectivity index (χ1v) is 6.45. The number of ether oxygens (including phenoxy) is 2. The maximum atomic E-state index is 5.61. The lowest BCUT2D eigenvalue weighted by atomic mass is 9.72. The maximum absolute atomic E-state index is 5.61. The van der Waals surface area contributed by atoms with Crippen molar-refractivity contribution >= 4 is 15.9 Å². The molecule has 14 heavy (non-hydrogen) atoms. The minimum absolute atomic E-state index is 0.0319. The molecule has 2 aliphatic carbocycles. The zero-order valence-electron chi connectivity index (χ0n) is 8.96. The fraction of sp³-hybridized carbons (Fsp3) is 1.00. The summed E-state index contributed by atoms with van der Waals surface area (Å²) in [6.07, 6.45) is 4.05. The van der Waals surface area contributed by atoms with E-state index in [0.717, 1.165) is 24.0 Å². The van der Waals surface area contributed by atoms with E-state index in [1.54, 1.807) is 0 Å². The Kier molecular flexibility index (Phi) is 3.20. The van der Waals surface area contributed by atoms with Gasteiger partial charge in [0.1, 0.15) is 0 Å². The molecule has 0 amide bonds. The third-order valence-corrected chi connectivity index (χ3v) is 4.74. The van der Waals surface area contributed by atoms with E-state index in [4.69, 9.17) is 9.47 Å². The fourth-order valence-electron chi connectivity index (χ4n) is 2.48. The number of hydrogen-bond acceptors (Lipinski definition) is 2. The largest absolute Gasteiger partial charge is 0.353 e. The minimum atomic E-state index is -0.0319. The second-order valence-electron chi connectivity index (χ2n) is 4.66. The second-order valence-corrected chi connectivity index (χ2v) is 5.77. The third kappa shape index (κ3) is 2.15. The summed E-state index contributed by atoms with van der Waals surface area (Å²) in [6, 6.07) is 0. The number of alkyl halides is 1. The van der Waals surface area contributed by atoms with Gasteiger partial charge in [-0.15, -0.1) is 0 Å². The van der Waals surface area contributed by atoms with Crippen molar-refractivity contribution in [2.24, 2.45) is 11.3 Å². The molecule has 2 saturated carbocycles. The first kappa shape index (κ1) is 10.9. The van der Waals surface area contributed by atoms with E-state index < -0.39 is 0 Å². The molecular formula is C11H19BrO2. The predicted octanol–water partition coefficient (Wildman–Crippen LogP) is 2.95. The summed E-state index contributed by atoms with van der Waals surface area (Å²) in [5.74, 6) is 0.778. The summed E-state index contributed by atoms with van der Waals surface area (Å²) < 4.78 is 10.9. The van der Waals surface area contributed by atoms with Crippen LogP contribution in [0, 0.1) is 11.3 Å². The molecule has 2 atom stereocenters. The molecule has 2 aliphatic rings. The van der Waals surface area contributed by atoms with Crippen LogP contribution in [0.15, 0.2) is 0 Å². The van der Waals surface area contributed by atoms with Gasteiger partial charge in [0.2, 0.25) is 0 Å². The van der Waals surface area contributed by atoms with Gasteiger partial charge in [-0.25, -0.2) is 0 Å². The molecule has 0 unspecified atom stereocenters. The van der Waals surface area contributed by atoms with Crippen LogP contribution in [-0.4, -0.2) is 24.3 Å². The van der Waals surface area contributed by atoms with Gasteiger partial charge in [-0.2, -0.15) is 0 Å². The van der Waals surface area contributed by atoms with Crippen molar-refractivity contribution in [3.63, 3.8) is 0 Å². The van der Waals surface area contributed by atoms with Crippen molar-refractivity contribution in [2.45, 2.75) is 44.2 Å². The van der Waals surface area contributed by atoms with E-state index in [2.05, 4.69) is 15.9 Å². The van der Waals surface area contributed by atoms with E-state index in [-0.39, 0.29) is 6.29 Å². The molecule has 0 aromatic carbocycles. The van der Waals surface area contributed by atoms with E-state index in [0.29, 0.717) is 5.41 Å². The quantitative estimate of drug-likeness (QED) is 0.561. The van der Waals surface area contributed by atoms with E-state index in [1.807, 2.05) is 13.8 Å². The lowest BCUT2D eigenvalue weighted by molar-refractivity contribution is -0.144. The summed E-state index contributed by atoms with van der Waals surface area (Å²) in [5.41, 5.74) is 0.683. The topological polar surface area (TPSA) is 18.5 Å². The summed E-state index contributed by atoms with van der Waals surface area (Å²) in [7, 11) is 0. The zero-order chi connectivity index (χ0) is 10.2. The average Bonchev–Trinajstić information content (AvgIpc) is 2.72. The van der Waals surface area contributed by atoms with Crippen molar-refractivity contribution in [3.8, 4) is 0 Å². The fourth-order valence-corrected chi connectivity index (χ4v) is 3.50. The van der Waals surface area contributed by atoms with Crippen LogP contribution in [0.5, 0.6) is 0 Å². The van der Waals surface area contributed by atoms with Crippen LogP contribution >= 0.6 is 15.9 Å². The highest BCUT2D eigenvalue weighted by atomic mass is 79.9. The van der Waals surface area contributed by atoms with Gasteiger partial charge in [-0.3, -0.25) is 0 Å². The van der Waals surface area contributed by atoms with Crippen molar-refractivity contribution in [1.29, 1.82) is 0 Å². The Morgan fingerprint density at radius 2 is 2.00 bits per heavy atom. The molecule has 2 nitrogen and oxygen atoms in total. The van der Waals surface area contributed by atoms with Crippen LogP contribution in [0.3, 0.4) is 0 Å². The molecular weight excluding hydrogens is 244 g/mol. The highest BCUT2D eigenvalue weighted by Gasteiger charge is 2.60. The molecule has 82 valence electrons. The molecule has 0 aromatic rings. The van der Waals surface area contributed by atoms with Crippen LogP contribution in [0.1, 0.15) is 33.1 Å². The molecule has 0 saturated heterocycles. The molecule has 2 rings (SSSR count). The Labute approximate surface area is 94.5 Å². The monoisotopic (exact) mass is 262 g/mol. The lowest BCUT2D eigenvalue weighted by Gasteiger charge is -2.36. The second kappa shape index (κ2) is 4.11. The molecule has 3 heteroatoms. The summed E-state index contributed by atoms with van der Waals surface area (Å²) in [4.78, 5) is 0.801. The number of hydrogen-bond donors (Lipinski definition) is 0. The highest BCUT2D eigenvalue weighted by molar-refractivity contribution is 9.09. The first-order valence-electron chi connectivity index (χ1n) is 5.53. The van der Waals surface area contributed by atoms with E-state index >= 15 is 0 Å². The Bertz CT molecular complexity index is 201. The van der Waals surface area contributed by atoms with E-state index in [9.17, 15) is 0 Å². The molecule has 0 heterocycles. The van der Waals surface area contributed by atoms with Gasteiger partial charge >= 0.3 is 0 Å². The lowest BCUT2D eigenvalue weighted by Crippen LogP contribution is -2.32. The van der Waals surface area contributed by atoms with Crippen LogP contribution < -0.4 is 0 Å². The maximum Gasteiger partial charge on any atom is 0.154 e. The van der Waals surface area contributed by atoms with Crippen LogP contribution in [0.25, 0.3) is 0 Å². The predicted molar refractivity (Wildman–Crippen MR) is 59.5 cm³/mol. The molecule has 0 aliphatic heterocycles. The van der Waals surface area contributed by atoms with Crippen molar-refractivity contribution in [3.05, 3.63) is 0 Å². The molecule has 0 N–H and O–H groups in total. The molecule has 1 spiro atoms. The van der Waals surface area contributed by atoms with Crippen molar-refractivity contribution < 1.29 is 9.47 Å². The zero-order valence-corrected chi connectivity index (χ0v) is 10.5. The standard InChI is InChI=1S/C11H19BrO2/c1-3-13-8(2)14-7-9-4-11(5-9)6-10(11)12/h8-10H,3-7H2,1-2H3/t8-,9?,10+,11?/m1/s1. The third-order valence-electron chi connectivity index (χ3n) is 3.45. The molecule has 0 aromatic heterocycles.